The normalized spacial score (nSPS) is 11.1. The molecule has 0 radical (unpaired) electrons. The topological polar surface area (TPSA) is 50.2 Å². The van der Waals surface area contributed by atoms with E-state index in [-0.39, 0.29) is 0 Å². The minimum absolute atomic E-state index is 0.658. The van der Waals surface area contributed by atoms with Gasteiger partial charge in [-0.05, 0) is 18.2 Å². The van der Waals surface area contributed by atoms with Gasteiger partial charge in [-0.15, -0.1) is 0 Å². The van der Waals surface area contributed by atoms with Gasteiger partial charge in [-0.3, -0.25) is 5.43 Å². The fourth-order valence-corrected chi connectivity index (χ4v) is 2.02. The van der Waals surface area contributed by atoms with Gasteiger partial charge in [-0.1, -0.05) is 41.9 Å². The number of benzene rings is 2. The van der Waals surface area contributed by atoms with Crippen molar-refractivity contribution >= 4 is 34.5 Å². The maximum absolute atomic E-state index is 6.06. The number of aromatic nitrogens is 2. The predicted molar refractivity (Wildman–Crippen MR) is 82.2 cm³/mol. The van der Waals surface area contributed by atoms with Crippen molar-refractivity contribution < 1.29 is 0 Å². The van der Waals surface area contributed by atoms with Gasteiger partial charge in [-0.25, -0.2) is 9.97 Å². The second-order valence-electron chi connectivity index (χ2n) is 4.13. The SMILES string of the molecule is Clc1ccccc1/C=N/Nc1ncnc2ccccc12. The standard InChI is InChI=1S/C15H11ClN4/c16-13-7-3-1-5-11(13)9-19-20-15-12-6-2-4-8-14(12)17-10-18-15/h1-10H,(H,17,18,20)/b19-9+. The van der Waals surface area contributed by atoms with E-state index in [0.29, 0.717) is 10.8 Å². The van der Waals surface area contributed by atoms with Gasteiger partial charge in [0.05, 0.1) is 11.7 Å². The van der Waals surface area contributed by atoms with Crippen LogP contribution in [0.1, 0.15) is 5.56 Å². The van der Waals surface area contributed by atoms with Crippen molar-refractivity contribution in [2.24, 2.45) is 5.10 Å². The minimum Gasteiger partial charge on any atom is -0.261 e. The number of anilines is 1. The van der Waals surface area contributed by atoms with Crippen LogP contribution in [-0.4, -0.2) is 16.2 Å². The fourth-order valence-electron chi connectivity index (χ4n) is 1.84. The van der Waals surface area contributed by atoms with Crippen LogP contribution in [0.15, 0.2) is 60.0 Å². The van der Waals surface area contributed by atoms with Crippen molar-refractivity contribution in [3.8, 4) is 0 Å². The molecule has 0 fully saturated rings. The van der Waals surface area contributed by atoms with Crippen molar-refractivity contribution in [3.05, 3.63) is 65.4 Å². The maximum atomic E-state index is 6.06. The Kier molecular flexibility index (Phi) is 3.56. The molecule has 0 saturated heterocycles. The number of hydrazone groups is 1. The van der Waals surface area contributed by atoms with Crippen molar-refractivity contribution in [3.63, 3.8) is 0 Å². The highest BCUT2D eigenvalue weighted by Crippen LogP contribution is 2.18. The number of fused-ring (bicyclic) bond motifs is 1. The molecule has 3 rings (SSSR count). The van der Waals surface area contributed by atoms with Crippen LogP contribution in [0.2, 0.25) is 5.02 Å². The lowest BCUT2D eigenvalue weighted by atomic mass is 10.2. The van der Waals surface area contributed by atoms with E-state index in [4.69, 9.17) is 11.6 Å². The van der Waals surface area contributed by atoms with Crippen LogP contribution >= 0.6 is 11.6 Å². The van der Waals surface area contributed by atoms with E-state index >= 15 is 0 Å². The monoisotopic (exact) mass is 282 g/mol. The third-order valence-corrected chi connectivity index (χ3v) is 3.17. The average molecular weight is 283 g/mol. The van der Waals surface area contributed by atoms with Crippen LogP contribution in [0.3, 0.4) is 0 Å². The Balaban J connectivity index is 1.86. The summed E-state index contributed by atoms with van der Waals surface area (Å²) < 4.78 is 0. The van der Waals surface area contributed by atoms with Crippen molar-refractivity contribution in [2.45, 2.75) is 0 Å². The van der Waals surface area contributed by atoms with E-state index < -0.39 is 0 Å². The molecule has 0 aliphatic carbocycles. The zero-order valence-electron chi connectivity index (χ0n) is 10.5. The molecular formula is C15H11ClN4. The van der Waals surface area contributed by atoms with Gasteiger partial charge >= 0.3 is 0 Å². The number of nitrogens with zero attached hydrogens (tertiary/aromatic N) is 3. The van der Waals surface area contributed by atoms with Crippen LogP contribution in [0, 0.1) is 0 Å². The first-order valence-electron chi connectivity index (χ1n) is 6.08. The molecule has 0 unspecified atom stereocenters. The molecule has 0 aliphatic rings. The number of halogens is 1. The van der Waals surface area contributed by atoms with Crippen LogP contribution in [0.5, 0.6) is 0 Å². The van der Waals surface area contributed by atoms with Gasteiger partial charge in [0.15, 0.2) is 5.82 Å². The first kappa shape index (κ1) is 12.6. The maximum Gasteiger partial charge on any atom is 0.157 e. The van der Waals surface area contributed by atoms with E-state index in [1.807, 2.05) is 48.5 Å². The molecule has 20 heavy (non-hydrogen) atoms. The largest absolute Gasteiger partial charge is 0.261 e. The smallest absolute Gasteiger partial charge is 0.157 e. The molecule has 2 aromatic carbocycles. The second-order valence-corrected chi connectivity index (χ2v) is 4.54. The van der Waals surface area contributed by atoms with Gasteiger partial charge in [-0.2, -0.15) is 5.10 Å². The third kappa shape index (κ3) is 2.60. The minimum atomic E-state index is 0.658. The van der Waals surface area contributed by atoms with E-state index in [9.17, 15) is 0 Å². The molecule has 0 spiro atoms. The van der Waals surface area contributed by atoms with Gasteiger partial charge in [0.1, 0.15) is 6.33 Å². The van der Waals surface area contributed by atoms with Gasteiger partial charge < -0.3 is 0 Å². The lowest BCUT2D eigenvalue weighted by molar-refractivity contribution is 1.18. The zero-order chi connectivity index (χ0) is 13.8. The Morgan fingerprint density at radius 1 is 1.00 bits per heavy atom. The van der Waals surface area contributed by atoms with Crippen molar-refractivity contribution in [1.82, 2.24) is 9.97 Å². The molecule has 1 aromatic heterocycles. The molecule has 98 valence electrons. The molecule has 4 nitrogen and oxygen atoms in total. The highest BCUT2D eigenvalue weighted by atomic mass is 35.5. The molecule has 0 aliphatic heterocycles. The predicted octanol–water partition coefficient (Wildman–Crippen LogP) is 3.73. The van der Waals surface area contributed by atoms with Crippen molar-refractivity contribution in [2.75, 3.05) is 5.43 Å². The van der Waals surface area contributed by atoms with E-state index in [2.05, 4.69) is 20.5 Å². The summed E-state index contributed by atoms with van der Waals surface area (Å²) in [5.74, 6) is 0.666. The van der Waals surface area contributed by atoms with Crippen LogP contribution in [0.4, 0.5) is 5.82 Å². The number of rotatable bonds is 3. The molecule has 0 saturated carbocycles. The molecule has 0 bridgehead atoms. The summed E-state index contributed by atoms with van der Waals surface area (Å²) in [5.41, 5.74) is 4.64. The Hall–Kier alpha value is -2.46. The first-order valence-corrected chi connectivity index (χ1v) is 6.46. The summed E-state index contributed by atoms with van der Waals surface area (Å²) >= 11 is 6.06. The number of nitrogens with one attached hydrogen (secondary N) is 1. The summed E-state index contributed by atoms with van der Waals surface area (Å²) in [5, 5.41) is 5.75. The lowest BCUT2D eigenvalue weighted by Crippen LogP contribution is -1.96. The zero-order valence-corrected chi connectivity index (χ0v) is 11.2. The second kappa shape index (κ2) is 5.67. The molecule has 5 heteroatoms. The average Bonchev–Trinajstić information content (AvgIpc) is 2.49. The van der Waals surface area contributed by atoms with E-state index in [0.717, 1.165) is 16.5 Å². The van der Waals surface area contributed by atoms with E-state index in [1.54, 1.807) is 6.21 Å². The molecular weight excluding hydrogens is 272 g/mol. The fraction of sp³-hybridized carbons (Fsp3) is 0. The number of para-hydroxylation sites is 1. The summed E-state index contributed by atoms with van der Waals surface area (Å²) in [7, 11) is 0. The quantitative estimate of drug-likeness (QED) is 0.588. The summed E-state index contributed by atoms with van der Waals surface area (Å²) in [6.07, 6.45) is 3.18. The van der Waals surface area contributed by atoms with Crippen molar-refractivity contribution in [1.29, 1.82) is 0 Å². The lowest BCUT2D eigenvalue weighted by Gasteiger charge is -2.03. The first-order chi connectivity index (χ1) is 9.84. The Morgan fingerprint density at radius 2 is 1.80 bits per heavy atom. The van der Waals surface area contributed by atoms with E-state index in [1.165, 1.54) is 6.33 Å². The van der Waals surface area contributed by atoms with Crippen LogP contribution in [-0.2, 0) is 0 Å². The van der Waals surface area contributed by atoms with Gasteiger partial charge in [0, 0.05) is 16.0 Å². The highest BCUT2D eigenvalue weighted by Gasteiger charge is 2.01. The molecule has 1 N–H and O–H groups in total. The number of hydrogen-bond acceptors (Lipinski definition) is 4. The highest BCUT2D eigenvalue weighted by molar-refractivity contribution is 6.33. The summed E-state index contributed by atoms with van der Waals surface area (Å²) in [6.45, 7) is 0. The van der Waals surface area contributed by atoms with Crippen LogP contribution < -0.4 is 5.43 Å². The molecule has 0 amide bonds. The number of hydrogen-bond donors (Lipinski definition) is 1. The third-order valence-electron chi connectivity index (χ3n) is 2.82. The van der Waals surface area contributed by atoms with Gasteiger partial charge in [0.25, 0.3) is 0 Å². The summed E-state index contributed by atoms with van der Waals surface area (Å²) in [4.78, 5) is 8.39. The Morgan fingerprint density at radius 3 is 2.70 bits per heavy atom. The molecule has 3 aromatic rings. The summed E-state index contributed by atoms with van der Waals surface area (Å²) in [6, 6.07) is 15.3. The Labute approximate surface area is 121 Å². The molecule has 1 heterocycles. The Bertz CT molecular complexity index is 765. The van der Waals surface area contributed by atoms with Gasteiger partial charge in [0.2, 0.25) is 0 Å². The molecule has 0 atom stereocenters. The van der Waals surface area contributed by atoms with Crippen LogP contribution in [0.25, 0.3) is 10.9 Å².